The number of nitrogens with two attached hydrogens (primary N) is 1. The lowest BCUT2D eigenvalue weighted by atomic mass is 10.1. The van der Waals surface area contributed by atoms with Crippen LogP contribution in [0.5, 0.6) is 0 Å². The molecule has 1 aromatic heterocycles. The fourth-order valence-electron chi connectivity index (χ4n) is 1.84. The molecule has 1 aromatic carbocycles. The molecule has 2 rings (SSSR count). The molecule has 0 atom stereocenters. The molecule has 118 valence electrons. The lowest BCUT2D eigenvalue weighted by Gasteiger charge is -2.04. The molecular weight excluding hydrogens is 296 g/mol. The Morgan fingerprint density at radius 1 is 1.32 bits per heavy atom. The van der Waals surface area contributed by atoms with Crippen molar-refractivity contribution in [2.75, 3.05) is 17.8 Å². The minimum Gasteiger partial charge on any atom is -0.383 e. The highest BCUT2D eigenvalue weighted by molar-refractivity contribution is 7.14. The van der Waals surface area contributed by atoms with Gasteiger partial charge in [-0.05, 0) is 17.5 Å². The second-order valence-corrected chi connectivity index (χ2v) is 5.81. The maximum absolute atomic E-state index is 5.64. The first kappa shape index (κ1) is 16.5. The van der Waals surface area contributed by atoms with Crippen LogP contribution in [0.3, 0.4) is 0 Å². The Labute approximate surface area is 135 Å². The molecule has 0 unspecified atom stereocenters. The molecule has 0 fully saturated rings. The van der Waals surface area contributed by atoms with Crippen LogP contribution in [0, 0.1) is 0 Å². The van der Waals surface area contributed by atoms with Crippen molar-refractivity contribution < 1.29 is 4.74 Å². The van der Waals surface area contributed by atoms with E-state index in [4.69, 9.17) is 10.5 Å². The molecule has 6 heteroatoms. The highest BCUT2D eigenvalue weighted by atomic mass is 32.1. The van der Waals surface area contributed by atoms with Crippen molar-refractivity contribution >= 4 is 28.5 Å². The summed E-state index contributed by atoms with van der Waals surface area (Å²) >= 11 is 1.42. The van der Waals surface area contributed by atoms with Gasteiger partial charge in [0.15, 0.2) is 0 Å². The van der Waals surface area contributed by atoms with E-state index in [1.807, 2.05) is 12.1 Å². The first-order valence-corrected chi connectivity index (χ1v) is 8.32. The summed E-state index contributed by atoms with van der Waals surface area (Å²) in [6.45, 7) is 3.69. The highest BCUT2D eigenvalue weighted by Gasteiger charge is 1.96. The first-order chi connectivity index (χ1) is 10.8. The van der Waals surface area contributed by atoms with E-state index < -0.39 is 0 Å². The fourth-order valence-corrected chi connectivity index (χ4v) is 2.39. The Morgan fingerprint density at radius 2 is 2.14 bits per heavy atom. The largest absolute Gasteiger partial charge is 0.383 e. The summed E-state index contributed by atoms with van der Waals surface area (Å²) in [6, 6.07) is 8.16. The zero-order chi connectivity index (χ0) is 15.6. The van der Waals surface area contributed by atoms with Crippen LogP contribution in [-0.2, 0) is 11.3 Å². The van der Waals surface area contributed by atoms with Gasteiger partial charge in [-0.3, -0.25) is 5.43 Å². The number of nitrogens with zero attached hydrogens (tertiary/aromatic N) is 2. The topological polar surface area (TPSA) is 72.5 Å². The molecule has 3 N–H and O–H groups in total. The molecule has 1 heterocycles. The zero-order valence-corrected chi connectivity index (χ0v) is 13.6. The molecule has 0 saturated heterocycles. The normalized spacial score (nSPS) is 11.1. The maximum Gasteiger partial charge on any atom is 0.205 e. The standard InChI is InChI=1S/C16H22N4OS/c1-2-3-4-9-21-11-14-7-5-13(6-8-14)10-18-20-16-19-15(17)12-22-16/h5-8,10,12H,2-4,9,11,17H2,1H3,(H,19,20). The lowest BCUT2D eigenvalue weighted by molar-refractivity contribution is 0.117. The van der Waals surface area contributed by atoms with Gasteiger partial charge in [-0.1, -0.05) is 44.0 Å². The molecule has 0 amide bonds. The van der Waals surface area contributed by atoms with Crippen LogP contribution in [0.2, 0.25) is 0 Å². The third-order valence-corrected chi connectivity index (χ3v) is 3.80. The number of aromatic nitrogens is 1. The summed E-state index contributed by atoms with van der Waals surface area (Å²) in [4.78, 5) is 4.07. The van der Waals surface area contributed by atoms with Crippen molar-refractivity contribution in [1.82, 2.24) is 4.98 Å². The van der Waals surface area contributed by atoms with Crippen molar-refractivity contribution in [2.24, 2.45) is 5.10 Å². The van der Waals surface area contributed by atoms with Gasteiger partial charge in [-0.2, -0.15) is 5.10 Å². The summed E-state index contributed by atoms with van der Waals surface area (Å²) in [5, 5.41) is 6.59. The highest BCUT2D eigenvalue weighted by Crippen LogP contribution is 2.16. The summed E-state index contributed by atoms with van der Waals surface area (Å²) in [7, 11) is 0. The van der Waals surface area contributed by atoms with Crippen molar-refractivity contribution in [3.8, 4) is 0 Å². The zero-order valence-electron chi connectivity index (χ0n) is 12.8. The van der Waals surface area contributed by atoms with Crippen molar-refractivity contribution in [3.05, 3.63) is 40.8 Å². The predicted octanol–water partition coefficient (Wildman–Crippen LogP) is 3.88. The van der Waals surface area contributed by atoms with E-state index >= 15 is 0 Å². The molecule has 0 aliphatic carbocycles. The van der Waals surface area contributed by atoms with E-state index in [1.54, 1.807) is 11.6 Å². The van der Waals surface area contributed by atoms with Crippen LogP contribution in [0.1, 0.15) is 37.3 Å². The SMILES string of the molecule is CCCCCOCc1ccc(C=NNc2nc(N)cs2)cc1. The molecule has 5 nitrogen and oxygen atoms in total. The van der Waals surface area contributed by atoms with Crippen LogP contribution in [0.15, 0.2) is 34.7 Å². The van der Waals surface area contributed by atoms with E-state index in [2.05, 4.69) is 34.6 Å². The molecule has 0 saturated carbocycles. The van der Waals surface area contributed by atoms with E-state index in [1.165, 1.54) is 29.7 Å². The molecule has 0 aliphatic rings. The van der Waals surface area contributed by atoms with Gasteiger partial charge in [-0.15, -0.1) is 11.3 Å². The Bertz CT molecular complexity index is 580. The van der Waals surface area contributed by atoms with Gasteiger partial charge >= 0.3 is 0 Å². The van der Waals surface area contributed by atoms with Gasteiger partial charge in [0.05, 0.1) is 12.8 Å². The second-order valence-electron chi connectivity index (χ2n) is 4.95. The number of hydrogen-bond donors (Lipinski definition) is 2. The third kappa shape index (κ3) is 5.83. The quantitative estimate of drug-likeness (QED) is 0.418. The average molecular weight is 318 g/mol. The Hall–Kier alpha value is -1.92. The Kier molecular flexibility index (Phi) is 6.86. The number of rotatable bonds is 9. The number of unbranched alkanes of at least 4 members (excludes halogenated alkanes) is 2. The number of benzene rings is 1. The molecule has 0 radical (unpaired) electrons. The number of thiazole rings is 1. The maximum atomic E-state index is 5.64. The number of nitrogen functional groups attached to an aromatic ring is 1. The van der Waals surface area contributed by atoms with Crippen LogP contribution >= 0.6 is 11.3 Å². The number of nitrogens with one attached hydrogen (secondary N) is 1. The summed E-state index contributed by atoms with van der Waals surface area (Å²) in [5.74, 6) is 0.506. The van der Waals surface area contributed by atoms with Crippen LogP contribution in [0.4, 0.5) is 10.9 Å². The Morgan fingerprint density at radius 3 is 2.82 bits per heavy atom. The number of ether oxygens (including phenoxy) is 1. The fraction of sp³-hybridized carbons (Fsp3) is 0.375. The molecular formula is C16H22N4OS. The smallest absolute Gasteiger partial charge is 0.205 e. The van der Waals surface area contributed by atoms with E-state index in [0.717, 1.165) is 18.6 Å². The van der Waals surface area contributed by atoms with E-state index in [9.17, 15) is 0 Å². The molecule has 0 aliphatic heterocycles. The van der Waals surface area contributed by atoms with Crippen LogP contribution in [-0.4, -0.2) is 17.8 Å². The monoisotopic (exact) mass is 318 g/mol. The van der Waals surface area contributed by atoms with E-state index in [-0.39, 0.29) is 0 Å². The summed E-state index contributed by atoms with van der Waals surface area (Å²) < 4.78 is 5.64. The van der Waals surface area contributed by atoms with Crippen molar-refractivity contribution in [2.45, 2.75) is 32.8 Å². The second kappa shape index (κ2) is 9.17. The number of hydrogen-bond acceptors (Lipinski definition) is 6. The van der Waals surface area contributed by atoms with Gasteiger partial charge in [0.2, 0.25) is 5.13 Å². The van der Waals surface area contributed by atoms with Gasteiger partial charge < -0.3 is 10.5 Å². The summed E-state index contributed by atoms with van der Waals surface area (Å²) in [5.41, 5.74) is 10.6. The number of hydrazone groups is 1. The Balaban J connectivity index is 1.74. The molecule has 0 spiro atoms. The van der Waals surface area contributed by atoms with Crippen LogP contribution < -0.4 is 11.2 Å². The molecule has 22 heavy (non-hydrogen) atoms. The van der Waals surface area contributed by atoms with Gasteiger partial charge in [0.1, 0.15) is 5.82 Å². The summed E-state index contributed by atoms with van der Waals surface area (Å²) in [6.07, 6.45) is 5.34. The average Bonchev–Trinajstić information content (AvgIpc) is 2.94. The van der Waals surface area contributed by atoms with Crippen molar-refractivity contribution in [3.63, 3.8) is 0 Å². The lowest BCUT2D eigenvalue weighted by Crippen LogP contribution is -1.96. The minimum atomic E-state index is 0.506. The van der Waals surface area contributed by atoms with E-state index in [0.29, 0.717) is 17.6 Å². The first-order valence-electron chi connectivity index (χ1n) is 7.44. The van der Waals surface area contributed by atoms with Gasteiger partial charge in [-0.25, -0.2) is 4.98 Å². The number of anilines is 2. The molecule has 0 bridgehead atoms. The minimum absolute atomic E-state index is 0.506. The van der Waals surface area contributed by atoms with Crippen molar-refractivity contribution in [1.29, 1.82) is 0 Å². The predicted molar refractivity (Wildman–Crippen MR) is 93.4 cm³/mol. The third-order valence-electron chi connectivity index (χ3n) is 3.04. The van der Waals surface area contributed by atoms with Crippen LogP contribution in [0.25, 0.3) is 0 Å². The molecule has 2 aromatic rings. The van der Waals surface area contributed by atoms with Gasteiger partial charge in [0, 0.05) is 12.0 Å². The van der Waals surface area contributed by atoms with Gasteiger partial charge in [0.25, 0.3) is 0 Å².